The Morgan fingerprint density at radius 3 is 1.71 bits per heavy atom. The van der Waals surface area contributed by atoms with Gasteiger partial charge in [0.25, 0.3) is 3.93 Å². The van der Waals surface area contributed by atoms with Crippen LogP contribution in [0.3, 0.4) is 0 Å². The number of hydrogen-bond donors (Lipinski definition) is 1. The zero-order chi connectivity index (χ0) is 5.91. The summed E-state index contributed by atoms with van der Waals surface area (Å²) < 4.78 is -1.47. The molecular weight excluding hydrogens is 308 g/mol. The van der Waals surface area contributed by atoms with Crippen molar-refractivity contribution in [2.45, 2.75) is 6.04 Å². The van der Waals surface area contributed by atoms with E-state index in [9.17, 15) is 0 Å². The van der Waals surface area contributed by atoms with Gasteiger partial charge in [0, 0.05) is 6.61 Å². The van der Waals surface area contributed by atoms with Crippen molar-refractivity contribution in [2.75, 3.05) is 6.61 Å². The summed E-state index contributed by atoms with van der Waals surface area (Å²) >= 11 is 10.1. The zero-order valence-corrected chi connectivity index (χ0v) is 9.25. The molecule has 0 atom stereocenters. The van der Waals surface area contributed by atoms with E-state index in [1.54, 1.807) is 0 Å². The SMILES string of the molecule is OCC[Si](Br)(Br)Br. The van der Waals surface area contributed by atoms with E-state index in [-0.39, 0.29) is 6.61 Å². The van der Waals surface area contributed by atoms with Crippen molar-refractivity contribution >= 4 is 49.8 Å². The minimum Gasteiger partial charge on any atom is -0.397 e. The molecule has 0 unspecified atom stereocenters. The summed E-state index contributed by atoms with van der Waals surface area (Å²) in [6.07, 6.45) is 0. The fraction of sp³-hybridized carbons (Fsp3) is 1.00. The lowest BCUT2D eigenvalue weighted by atomic mass is 10.9. The quantitative estimate of drug-likeness (QED) is 0.611. The molecule has 1 nitrogen and oxygen atoms in total. The minimum atomic E-state index is -1.47. The molecule has 0 saturated heterocycles. The highest BCUT2D eigenvalue weighted by atomic mass is 80.0. The van der Waals surface area contributed by atoms with Crippen LogP contribution in [0.1, 0.15) is 0 Å². The summed E-state index contributed by atoms with van der Waals surface area (Å²) in [5, 5.41) is 8.35. The fourth-order valence-corrected chi connectivity index (χ4v) is 1.98. The van der Waals surface area contributed by atoms with Crippen LogP contribution >= 0.6 is 45.9 Å². The number of aliphatic hydroxyl groups is 1. The van der Waals surface area contributed by atoms with Gasteiger partial charge < -0.3 is 5.11 Å². The van der Waals surface area contributed by atoms with Crippen LogP contribution in [0.2, 0.25) is 6.04 Å². The molecule has 0 aromatic heterocycles. The van der Waals surface area contributed by atoms with Gasteiger partial charge >= 0.3 is 0 Å². The van der Waals surface area contributed by atoms with Crippen LogP contribution in [0.25, 0.3) is 0 Å². The lowest BCUT2D eigenvalue weighted by Crippen LogP contribution is -2.07. The smallest absolute Gasteiger partial charge is 0.269 e. The molecule has 0 aromatic carbocycles. The maximum absolute atomic E-state index is 8.35. The van der Waals surface area contributed by atoms with Crippen molar-refractivity contribution < 1.29 is 5.11 Å². The van der Waals surface area contributed by atoms with E-state index >= 15 is 0 Å². The van der Waals surface area contributed by atoms with E-state index in [1.807, 2.05) is 0 Å². The molecule has 5 heteroatoms. The third-order valence-corrected chi connectivity index (χ3v) is 4.75. The number of aliphatic hydroxyl groups excluding tert-OH is 1. The lowest BCUT2D eigenvalue weighted by Gasteiger charge is -2.03. The highest BCUT2D eigenvalue weighted by Crippen LogP contribution is 2.30. The Morgan fingerprint density at radius 1 is 1.29 bits per heavy atom. The van der Waals surface area contributed by atoms with Gasteiger partial charge in [-0.1, -0.05) is 45.9 Å². The number of halogens is 3. The maximum Gasteiger partial charge on any atom is 0.269 e. The van der Waals surface area contributed by atoms with Gasteiger partial charge in [0.05, 0.1) is 0 Å². The van der Waals surface area contributed by atoms with Gasteiger partial charge in [-0.05, 0) is 6.04 Å². The molecule has 0 aliphatic heterocycles. The highest BCUT2D eigenvalue weighted by Gasteiger charge is 2.20. The van der Waals surface area contributed by atoms with Crippen LogP contribution in [0.4, 0.5) is 0 Å². The van der Waals surface area contributed by atoms with Crippen LogP contribution in [-0.2, 0) is 0 Å². The van der Waals surface area contributed by atoms with Gasteiger partial charge in [-0.15, -0.1) is 0 Å². The second kappa shape index (κ2) is 3.61. The second-order valence-electron chi connectivity index (χ2n) is 1.09. The van der Waals surface area contributed by atoms with Crippen molar-refractivity contribution in [3.8, 4) is 0 Å². The molecule has 0 heterocycles. The summed E-state index contributed by atoms with van der Waals surface area (Å²) in [4.78, 5) is 0. The van der Waals surface area contributed by atoms with Crippen molar-refractivity contribution in [3.05, 3.63) is 0 Å². The number of rotatable bonds is 2. The zero-order valence-electron chi connectivity index (χ0n) is 3.50. The Labute approximate surface area is 67.2 Å². The first kappa shape index (κ1) is 8.62. The predicted octanol–water partition coefficient (Wildman–Crippen LogP) is 2.10. The van der Waals surface area contributed by atoms with Gasteiger partial charge in [-0.3, -0.25) is 0 Å². The molecule has 0 rings (SSSR count). The van der Waals surface area contributed by atoms with Gasteiger partial charge in [-0.25, -0.2) is 0 Å². The largest absolute Gasteiger partial charge is 0.397 e. The summed E-state index contributed by atoms with van der Waals surface area (Å²) in [6, 6.07) is 0.785. The Kier molecular flexibility index (Phi) is 4.44. The average molecular weight is 313 g/mol. The van der Waals surface area contributed by atoms with Gasteiger partial charge in [0.15, 0.2) is 0 Å². The first-order chi connectivity index (χ1) is 3.06. The Balaban J connectivity index is 3.15. The molecule has 7 heavy (non-hydrogen) atoms. The maximum atomic E-state index is 8.35. The molecule has 1 N–H and O–H groups in total. The van der Waals surface area contributed by atoms with Gasteiger partial charge in [0.1, 0.15) is 0 Å². The van der Waals surface area contributed by atoms with E-state index in [0.29, 0.717) is 0 Å². The minimum absolute atomic E-state index is 0.230. The second-order valence-corrected chi connectivity index (χ2v) is 24.6. The van der Waals surface area contributed by atoms with Gasteiger partial charge in [-0.2, -0.15) is 0 Å². The molecule has 0 bridgehead atoms. The molecule has 0 aliphatic carbocycles. The highest BCUT2D eigenvalue weighted by molar-refractivity contribution is 9.72. The number of hydrogen-bond acceptors (Lipinski definition) is 1. The van der Waals surface area contributed by atoms with E-state index in [4.69, 9.17) is 5.11 Å². The molecule has 0 spiro atoms. The van der Waals surface area contributed by atoms with Crippen LogP contribution in [0.5, 0.6) is 0 Å². The third kappa shape index (κ3) is 7.62. The molecule has 0 saturated carbocycles. The van der Waals surface area contributed by atoms with Crippen LogP contribution in [-0.4, -0.2) is 15.6 Å². The van der Waals surface area contributed by atoms with E-state index in [0.717, 1.165) is 6.04 Å². The molecule has 44 valence electrons. The summed E-state index contributed by atoms with van der Waals surface area (Å²) in [7, 11) is 0. The Bertz CT molecular complexity index is 51.4. The van der Waals surface area contributed by atoms with E-state index in [2.05, 4.69) is 45.9 Å². The summed E-state index contributed by atoms with van der Waals surface area (Å²) in [6.45, 7) is 0.230. The topological polar surface area (TPSA) is 20.2 Å². The molecular formula is C2H5Br3OSi. The van der Waals surface area contributed by atoms with E-state index in [1.165, 1.54) is 0 Å². The molecule has 0 aliphatic rings. The normalized spacial score (nSPS) is 12.0. The van der Waals surface area contributed by atoms with Crippen molar-refractivity contribution in [3.63, 3.8) is 0 Å². The first-order valence-electron chi connectivity index (χ1n) is 1.74. The lowest BCUT2D eigenvalue weighted by molar-refractivity contribution is 0.318. The fourth-order valence-electron chi connectivity index (χ4n) is 0.127. The molecule has 0 radical (unpaired) electrons. The van der Waals surface area contributed by atoms with Gasteiger partial charge in [0.2, 0.25) is 0 Å². The van der Waals surface area contributed by atoms with Crippen LogP contribution < -0.4 is 0 Å². The van der Waals surface area contributed by atoms with Crippen molar-refractivity contribution in [1.82, 2.24) is 0 Å². The average Bonchev–Trinajstić information content (AvgIpc) is 1.30. The van der Waals surface area contributed by atoms with Crippen molar-refractivity contribution in [1.29, 1.82) is 0 Å². The standard InChI is InChI=1S/C2H5Br3OSi/c3-7(4,5)2-1-6/h6H,1-2H2. The predicted molar refractivity (Wildman–Crippen MR) is 44.4 cm³/mol. The molecule has 0 amide bonds. The van der Waals surface area contributed by atoms with Crippen LogP contribution in [0.15, 0.2) is 0 Å². The molecule has 0 aromatic rings. The monoisotopic (exact) mass is 310 g/mol. The third-order valence-electron chi connectivity index (χ3n) is 0.395. The Morgan fingerprint density at radius 2 is 1.71 bits per heavy atom. The first-order valence-corrected chi connectivity index (χ1v) is 10.7. The molecule has 0 fully saturated rings. The van der Waals surface area contributed by atoms with E-state index < -0.39 is 3.93 Å². The van der Waals surface area contributed by atoms with Crippen LogP contribution in [0, 0.1) is 0 Å². The Hall–Kier alpha value is 1.62. The summed E-state index contributed by atoms with van der Waals surface area (Å²) in [5.41, 5.74) is 0. The van der Waals surface area contributed by atoms with Crippen molar-refractivity contribution in [2.24, 2.45) is 0 Å². The summed E-state index contributed by atoms with van der Waals surface area (Å²) in [5.74, 6) is 0.